The van der Waals surface area contributed by atoms with Gasteiger partial charge in [-0.05, 0) is 38.2 Å². The van der Waals surface area contributed by atoms with E-state index in [9.17, 15) is 5.11 Å². The fourth-order valence-electron chi connectivity index (χ4n) is 2.67. The third-order valence-corrected chi connectivity index (χ3v) is 4.22. The van der Waals surface area contributed by atoms with Crippen LogP contribution in [0.5, 0.6) is 0 Å². The van der Waals surface area contributed by atoms with E-state index in [1.807, 2.05) is 0 Å². The lowest BCUT2D eigenvalue weighted by atomic mass is 9.96. The van der Waals surface area contributed by atoms with E-state index in [0.29, 0.717) is 18.5 Å². The Morgan fingerprint density at radius 3 is 2.50 bits per heavy atom. The maximum Gasteiger partial charge on any atom is 0.0692 e. The van der Waals surface area contributed by atoms with E-state index in [-0.39, 0.29) is 6.10 Å². The van der Waals surface area contributed by atoms with Gasteiger partial charge in [-0.1, -0.05) is 56.5 Å². The van der Waals surface area contributed by atoms with Gasteiger partial charge in [-0.25, -0.2) is 0 Å². The van der Waals surface area contributed by atoms with Gasteiger partial charge in [-0.3, -0.25) is 0 Å². The van der Waals surface area contributed by atoms with Crippen LogP contribution in [0.4, 0.5) is 0 Å². The minimum Gasteiger partial charge on any atom is -0.392 e. The number of hydrogen-bond donors (Lipinski definition) is 2. The van der Waals surface area contributed by atoms with Crippen molar-refractivity contribution in [1.82, 2.24) is 5.32 Å². The Kier molecular flexibility index (Phi) is 7.86. The highest BCUT2D eigenvalue weighted by Crippen LogP contribution is 2.13. The summed E-state index contributed by atoms with van der Waals surface area (Å²) in [5, 5.41) is 13.6. The molecular weight excluding hydrogens is 246 g/mol. The molecular formula is C18H31NO. The van der Waals surface area contributed by atoms with Gasteiger partial charge in [0.15, 0.2) is 0 Å². The molecule has 114 valence electrons. The minimum atomic E-state index is -0.216. The zero-order valence-electron chi connectivity index (χ0n) is 13.5. The zero-order chi connectivity index (χ0) is 15.0. The summed E-state index contributed by atoms with van der Waals surface area (Å²) in [5.74, 6) is 0.423. The van der Waals surface area contributed by atoms with Crippen molar-refractivity contribution in [2.75, 3.05) is 6.54 Å². The SMILES string of the molecule is CCC(CC)C(O)CNC(C)CCc1cccc(C)c1. The third-order valence-electron chi connectivity index (χ3n) is 4.22. The number of aryl methyl sites for hydroxylation is 2. The van der Waals surface area contributed by atoms with Crippen molar-refractivity contribution in [2.45, 2.75) is 65.5 Å². The lowest BCUT2D eigenvalue weighted by Crippen LogP contribution is -2.37. The lowest BCUT2D eigenvalue weighted by Gasteiger charge is -2.23. The summed E-state index contributed by atoms with van der Waals surface area (Å²) in [6.45, 7) is 9.35. The normalized spacial score (nSPS) is 14.5. The molecule has 0 aliphatic carbocycles. The summed E-state index contributed by atoms with van der Waals surface area (Å²) in [5.41, 5.74) is 2.73. The zero-order valence-corrected chi connectivity index (χ0v) is 13.5. The topological polar surface area (TPSA) is 32.3 Å². The molecule has 0 saturated carbocycles. The van der Waals surface area contributed by atoms with Crippen LogP contribution in [0, 0.1) is 12.8 Å². The predicted octanol–water partition coefficient (Wildman–Crippen LogP) is 3.70. The monoisotopic (exact) mass is 277 g/mol. The number of aliphatic hydroxyl groups excluding tert-OH is 1. The molecule has 0 radical (unpaired) electrons. The fraction of sp³-hybridized carbons (Fsp3) is 0.667. The molecule has 0 amide bonds. The number of aliphatic hydroxyl groups is 1. The van der Waals surface area contributed by atoms with Crippen LogP contribution in [0.15, 0.2) is 24.3 Å². The van der Waals surface area contributed by atoms with Crippen molar-refractivity contribution in [1.29, 1.82) is 0 Å². The summed E-state index contributed by atoms with van der Waals surface area (Å²) in [4.78, 5) is 0. The second-order valence-corrected chi connectivity index (χ2v) is 5.98. The molecule has 1 aromatic rings. The van der Waals surface area contributed by atoms with Crippen molar-refractivity contribution in [3.8, 4) is 0 Å². The van der Waals surface area contributed by atoms with Gasteiger partial charge in [0.25, 0.3) is 0 Å². The Labute approximate surface area is 124 Å². The van der Waals surface area contributed by atoms with E-state index in [1.54, 1.807) is 0 Å². The number of benzene rings is 1. The maximum absolute atomic E-state index is 10.1. The summed E-state index contributed by atoms with van der Waals surface area (Å²) in [6, 6.07) is 9.15. The molecule has 0 bridgehead atoms. The average Bonchev–Trinajstić information content (AvgIpc) is 2.44. The molecule has 2 nitrogen and oxygen atoms in total. The van der Waals surface area contributed by atoms with Gasteiger partial charge in [-0.15, -0.1) is 0 Å². The first-order chi connectivity index (χ1) is 9.56. The average molecular weight is 277 g/mol. The van der Waals surface area contributed by atoms with Crippen molar-refractivity contribution < 1.29 is 5.11 Å². The minimum absolute atomic E-state index is 0.216. The van der Waals surface area contributed by atoms with Crippen molar-refractivity contribution in [3.63, 3.8) is 0 Å². The number of nitrogens with one attached hydrogen (secondary N) is 1. The fourth-order valence-corrected chi connectivity index (χ4v) is 2.67. The first-order valence-electron chi connectivity index (χ1n) is 8.03. The van der Waals surface area contributed by atoms with E-state index >= 15 is 0 Å². The quantitative estimate of drug-likeness (QED) is 0.721. The summed E-state index contributed by atoms with van der Waals surface area (Å²) >= 11 is 0. The van der Waals surface area contributed by atoms with Crippen LogP contribution in [0.3, 0.4) is 0 Å². The Balaban J connectivity index is 2.28. The maximum atomic E-state index is 10.1. The molecule has 1 aromatic carbocycles. The summed E-state index contributed by atoms with van der Waals surface area (Å²) < 4.78 is 0. The molecule has 0 spiro atoms. The second-order valence-electron chi connectivity index (χ2n) is 5.98. The molecule has 0 saturated heterocycles. The Hall–Kier alpha value is -0.860. The van der Waals surface area contributed by atoms with Gasteiger partial charge in [0, 0.05) is 12.6 Å². The van der Waals surface area contributed by atoms with Crippen molar-refractivity contribution in [2.24, 2.45) is 5.92 Å². The van der Waals surface area contributed by atoms with E-state index < -0.39 is 0 Å². The third kappa shape index (κ3) is 6.06. The van der Waals surface area contributed by atoms with Gasteiger partial charge in [0.2, 0.25) is 0 Å². The van der Waals surface area contributed by atoms with Crippen LogP contribution < -0.4 is 5.32 Å². The van der Waals surface area contributed by atoms with Gasteiger partial charge in [0.05, 0.1) is 6.10 Å². The number of hydrogen-bond acceptors (Lipinski definition) is 2. The Bertz CT molecular complexity index is 373. The van der Waals surface area contributed by atoms with Crippen LogP contribution in [-0.4, -0.2) is 23.8 Å². The summed E-state index contributed by atoms with van der Waals surface area (Å²) in [6.07, 6.45) is 4.09. The number of rotatable bonds is 9. The van der Waals surface area contributed by atoms with Crippen molar-refractivity contribution >= 4 is 0 Å². The van der Waals surface area contributed by atoms with Crippen LogP contribution in [0.1, 0.15) is 51.2 Å². The molecule has 20 heavy (non-hydrogen) atoms. The van der Waals surface area contributed by atoms with Crippen LogP contribution in [0.25, 0.3) is 0 Å². The van der Waals surface area contributed by atoms with Crippen LogP contribution >= 0.6 is 0 Å². The molecule has 0 fully saturated rings. The molecule has 0 heterocycles. The largest absolute Gasteiger partial charge is 0.392 e. The standard InChI is InChI=1S/C18H31NO/c1-5-17(6-2)18(20)13-19-15(4)10-11-16-9-7-8-14(3)12-16/h7-9,12,15,17-20H,5-6,10-11,13H2,1-4H3. The summed E-state index contributed by atoms with van der Waals surface area (Å²) in [7, 11) is 0. The Morgan fingerprint density at radius 2 is 1.90 bits per heavy atom. The molecule has 2 heteroatoms. The van der Waals surface area contributed by atoms with Gasteiger partial charge < -0.3 is 10.4 Å². The molecule has 2 N–H and O–H groups in total. The highest BCUT2D eigenvalue weighted by Gasteiger charge is 2.15. The van der Waals surface area contributed by atoms with Crippen molar-refractivity contribution in [3.05, 3.63) is 35.4 Å². The molecule has 0 aliphatic heterocycles. The molecule has 1 rings (SSSR count). The highest BCUT2D eigenvalue weighted by atomic mass is 16.3. The van der Waals surface area contributed by atoms with E-state index in [0.717, 1.165) is 25.7 Å². The van der Waals surface area contributed by atoms with E-state index in [4.69, 9.17) is 0 Å². The first-order valence-corrected chi connectivity index (χ1v) is 8.03. The molecule has 2 atom stereocenters. The smallest absolute Gasteiger partial charge is 0.0692 e. The molecule has 0 aromatic heterocycles. The Morgan fingerprint density at radius 1 is 1.20 bits per heavy atom. The highest BCUT2D eigenvalue weighted by molar-refractivity contribution is 5.22. The van der Waals surface area contributed by atoms with Crippen LogP contribution in [0.2, 0.25) is 0 Å². The van der Waals surface area contributed by atoms with Gasteiger partial charge in [-0.2, -0.15) is 0 Å². The molecule has 0 aliphatic rings. The van der Waals surface area contributed by atoms with E-state index in [2.05, 4.69) is 57.3 Å². The second kappa shape index (κ2) is 9.15. The lowest BCUT2D eigenvalue weighted by molar-refractivity contribution is 0.0985. The van der Waals surface area contributed by atoms with Gasteiger partial charge >= 0.3 is 0 Å². The van der Waals surface area contributed by atoms with Crippen LogP contribution in [-0.2, 0) is 6.42 Å². The molecule has 2 unspecified atom stereocenters. The predicted molar refractivity (Wildman–Crippen MR) is 87.0 cm³/mol. The van der Waals surface area contributed by atoms with Gasteiger partial charge in [0.1, 0.15) is 0 Å². The first kappa shape index (κ1) is 17.2. The van der Waals surface area contributed by atoms with E-state index in [1.165, 1.54) is 11.1 Å².